The van der Waals surface area contributed by atoms with Gasteiger partial charge >= 0.3 is 0 Å². The van der Waals surface area contributed by atoms with Crippen LogP contribution in [0.1, 0.15) is 24.9 Å². The molecule has 1 heterocycles. The van der Waals surface area contributed by atoms with Crippen LogP contribution in [0.25, 0.3) is 0 Å². The molecular weight excluding hydrogens is 248 g/mol. The zero-order chi connectivity index (χ0) is 12.8. The highest BCUT2D eigenvalue weighted by Crippen LogP contribution is 2.42. The van der Waals surface area contributed by atoms with E-state index in [1.807, 2.05) is 0 Å². The molecule has 0 bridgehead atoms. The average Bonchev–Trinajstić information content (AvgIpc) is 2.51. The van der Waals surface area contributed by atoms with Gasteiger partial charge in [-0.3, -0.25) is 0 Å². The molecule has 1 aliphatic rings. The van der Waals surface area contributed by atoms with Gasteiger partial charge in [-0.25, -0.2) is 17.2 Å². The Balaban J connectivity index is 2.80. The van der Waals surface area contributed by atoms with Crippen molar-refractivity contribution < 1.29 is 17.2 Å². The molecule has 0 aromatic heterocycles. The lowest BCUT2D eigenvalue weighted by atomic mass is 10.0. The van der Waals surface area contributed by atoms with E-state index in [9.17, 15) is 17.2 Å². The summed E-state index contributed by atoms with van der Waals surface area (Å²) in [4.78, 5) is -0.483. The van der Waals surface area contributed by atoms with Crippen LogP contribution in [0, 0.1) is 11.6 Å². The second-order valence-electron chi connectivity index (χ2n) is 4.03. The Kier molecular flexibility index (Phi) is 2.95. The Morgan fingerprint density at radius 1 is 1.29 bits per heavy atom. The van der Waals surface area contributed by atoms with Crippen LogP contribution < -0.4 is 5.32 Å². The minimum Gasteiger partial charge on any atom is -0.312 e. The molecule has 0 fully saturated rings. The number of hydrogen-bond donors (Lipinski definition) is 1. The van der Waals surface area contributed by atoms with Crippen LogP contribution in [0.3, 0.4) is 0 Å². The van der Waals surface area contributed by atoms with Crippen LogP contribution in [-0.4, -0.2) is 20.7 Å². The summed E-state index contributed by atoms with van der Waals surface area (Å²) in [6.07, 6.45) is 0.307. The van der Waals surface area contributed by atoms with E-state index in [2.05, 4.69) is 5.32 Å². The maximum absolute atomic E-state index is 13.7. The highest BCUT2D eigenvalue weighted by molar-refractivity contribution is 7.92. The third kappa shape index (κ3) is 1.58. The normalized spacial score (nSPS) is 25.9. The Hall–Kier alpha value is -1.01. The maximum Gasteiger partial charge on any atom is 0.186 e. The molecule has 0 aliphatic carbocycles. The van der Waals surface area contributed by atoms with E-state index in [1.165, 1.54) is 0 Å². The molecule has 2 atom stereocenters. The molecule has 94 valence electrons. The molecule has 2 rings (SSSR count). The van der Waals surface area contributed by atoms with Crippen molar-refractivity contribution in [3.8, 4) is 0 Å². The fourth-order valence-electron chi connectivity index (χ4n) is 2.43. The molecule has 6 heteroatoms. The zero-order valence-corrected chi connectivity index (χ0v) is 10.3. The standard InChI is InChI=1S/C11H13F2NO2S/c1-3-8-10(14-2)9-6(12)4-5-7(13)11(9)17(8,15)16/h4-5,8,10,14H,3H2,1-2H3. The fraction of sp³-hybridized carbons (Fsp3) is 0.455. The quantitative estimate of drug-likeness (QED) is 0.883. The summed E-state index contributed by atoms with van der Waals surface area (Å²) in [7, 11) is -2.24. The number of hydrogen-bond acceptors (Lipinski definition) is 3. The van der Waals surface area contributed by atoms with Crippen molar-refractivity contribution in [2.24, 2.45) is 0 Å². The molecular formula is C11H13F2NO2S. The molecule has 1 N–H and O–H groups in total. The number of sulfone groups is 1. The molecule has 1 aromatic rings. The van der Waals surface area contributed by atoms with Crippen molar-refractivity contribution in [3.05, 3.63) is 29.3 Å². The highest BCUT2D eigenvalue weighted by atomic mass is 32.2. The van der Waals surface area contributed by atoms with Crippen molar-refractivity contribution in [2.75, 3.05) is 7.05 Å². The minimum atomic E-state index is -3.79. The number of fused-ring (bicyclic) bond motifs is 1. The zero-order valence-electron chi connectivity index (χ0n) is 9.50. The van der Waals surface area contributed by atoms with Crippen molar-refractivity contribution in [3.63, 3.8) is 0 Å². The first-order chi connectivity index (χ1) is 7.95. The van der Waals surface area contributed by atoms with Gasteiger partial charge in [0.05, 0.1) is 11.3 Å². The number of benzene rings is 1. The average molecular weight is 261 g/mol. The van der Waals surface area contributed by atoms with Gasteiger partial charge in [-0.1, -0.05) is 6.92 Å². The molecule has 0 saturated heterocycles. The summed E-state index contributed by atoms with van der Waals surface area (Å²) in [5.41, 5.74) is -0.0700. The molecule has 1 aliphatic heterocycles. The third-order valence-electron chi connectivity index (χ3n) is 3.17. The highest BCUT2D eigenvalue weighted by Gasteiger charge is 2.46. The van der Waals surface area contributed by atoms with Crippen LogP contribution in [0.5, 0.6) is 0 Å². The van der Waals surface area contributed by atoms with Crippen molar-refractivity contribution in [1.82, 2.24) is 5.32 Å². The monoisotopic (exact) mass is 261 g/mol. The Morgan fingerprint density at radius 2 is 1.88 bits per heavy atom. The molecule has 0 saturated carbocycles. The van der Waals surface area contributed by atoms with Gasteiger partial charge in [0, 0.05) is 5.56 Å². The SMILES string of the molecule is CCC1C(NC)c2c(F)ccc(F)c2S1(=O)=O. The number of nitrogens with one attached hydrogen (secondary N) is 1. The Morgan fingerprint density at radius 3 is 2.41 bits per heavy atom. The summed E-state index contributed by atoms with van der Waals surface area (Å²) < 4.78 is 51.5. The van der Waals surface area contributed by atoms with Crippen LogP contribution in [-0.2, 0) is 9.84 Å². The molecule has 0 amide bonds. The van der Waals surface area contributed by atoms with E-state index < -0.39 is 37.7 Å². The van der Waals surface area contributed by atoms with Gasteiger partial charge in [0.2, 0.25) is 0 Å². The molecule has 3 nitrogen and oxygen atoms in total. The second kappa shape index (κ2) is 4.03. The lowest BCUT2D eigenvalue weighted by Gasteiger charge is -2.16. The van der Waals surface area contributed by atoms with Crippen molar-refractivity contribution >= 4 is 9.84 Å². The first kappa shape index (κ1) is 12.4. The molecule has 0 spiro atoms. The lowest BCUT2D eigenvalue weighted by molar-refractivity contribution is 0.499. The van der Waals surface area contributed by atoms with Gasteiger partial charge in [-0.15, -0.1) is 0 Å². The first-order valence-electron chi connectivity index (χ1n) is 5.34. The first-order valence-corrected chi connectivity index (χ1v) is 6.88. The van der Waals surface area contributed by atoms with Crippen LogP contribution in [0.4, 0.5) is 8.78 Å². The van der Waals surface area contributed by atoms with Gasteiger partial charge in [0.15, 0.2) is 9.84 Å². The summed E-state index contributed by atoms with van der Waals surface area (Å²) in [5.74, 6) is -1.56. The van der Waals surface area contributed by atoms with Crippen LogP contribution in [0.2, 0.25) is 0 Å². The maximum atomic E-state index is 13.7. The van der Waals surface area contributed by atoms with E-state index in [1.54, 1.807) is 14.0 Å². The van der Waals surface area contributed by atoms with Gasteiger partial charge in [-0.2, -0.15) is 0 Å². The summed E-state index contributed by atoms with van der Waals surface area (Å²) in [5, 5.41) is 1.95. The van der Waals surface area contributed by atoms with Crippen LogP contribution >= 0.6 is 0 Å². The topological polar surface area (TPSA) is 46.2 Å². The van der Waals surface area contributed by atoms with E-state index in [-0.39, 0.29) is 5.56 Å². The third-order valence-corrected chi connectivity index (χ3v) is 5.56. The Bertz CT molecular complexity index is 557. The Labute approximate surface area is 98.8 Å². The predicted molar refractivity (Wildman–Crippen MR) is 59.4 cm³/mol. The van der Waals surface area contributed by atoms with E-state index >= 15 is 0 Å². The molecule has 1 aromatic carbocycles. The number of halogens is 2. The fourth-order valence-corrected chi connectivity index (χ4v) is 4.67. The van der Waals surface area contributed by atoms with E-state index in [4.69, 9.17) is 0 Å². The summed E-state index contributed by atoms with van der Waals surface area (Å²) in [6, 6.07) is 1.14. The smallest absolute Gasteiger partial charge is 0.186 e. The summed E-state index contributed by atoms with van der Waals surface area (Å²) in [6.45, 7) is 1.69. The van der Waals surface area contributed by atoms with Crippen LogP contribution in [0.15, 0.2) is 17.0 Å². The molecule has 2 unspecified atom stereocenters. The summed E-state index contributed by atoms with van der Waals surface area (Å²) >= 11 is 0. The van der Waals surface area contributed by atoms with Gasteiger partial charge in [0.1, 0.15) is 16.5 Å². The van der Waals surface area contributed by atoms with E-state index in [0.717, 1.165) is 12.1 Å². The van der Waals surface area contributed by atoms with E-state index in [0.29, 0.717) is 6.42 Å². The predicted octanol–water partition coefficient (Wildman–Crippen LogP) is 1.79. The van der Waals surface area contributed by atoms with Crippen molar-refractivity contribution in [1.29, 1.82) is 0 Å². The largest absolute Gasteiger partial charge is 0.312 e. The number of rotatable bonds is 2. The second-order valence-corrected chi connectivity index (χ2v) is 6.13. The minimum absolute atomic E-state index is 0.0700. The lowest BCUT2D eigenvalue weighted by Crippen LogP contribution is -2.29. The van der Waals surface area contributed by atoms with Gasteiger partial charge < -0.3 is 5.32 Å². The molecule has 17 heavy (non-hydrogen) atoms. The van der Waals surface area contributed by atoms with Gasteiger partial charge in [-0.05, 0) is 25.6 Å². The van der Waals surface area contributed by atoms with Gasteiger partial charge in [0.25, 0.3) is 0 Å². The van der Waals surface area contributed by atoms with Crippen molar-refractivity contribution in [2.45, 2.75) is 29.5 Å². The molecule has 0 radical (unpaired) electrons.